The quantitative estimate of drug-likeness (QED) is 0.542. The van der Waals surface area contributed by atoms with Crippen molar-refractivity contribution in [2.45, 2.75) is 12.5 Å². The Hall–Kier alpha value is -3.06. The maximum atomic E-state index is 13.1. The molecule has 0 unspecified atom stereocenters. The fraction of sp³-hybridized carbons (Fsp3) is 0.217. The Morgan fingerprint density at radius 2 is 1.63 bits per heavy atom. The lowest BCUT2D eigenvalue weighted by Crippen LogP contribution is -2.41. The summed E-state index contributed by atoms with van der Waals surface area (Å²) in [5.74, 6) is 1.15. The van der Waals surface area contributed by atoms with Gasteiger partial charge in [-0.3, -0.25) is 9.69 Å². The molecule has 7 heteroatoms. The fourth-order valence-corrected chi connectivity index (χ4v) is 3.81. The zero-order valence-corrected chi connectivity index (χ0v) is 18.2. The molecule has 154 valence electrons. The van der Waals surface area contributed by atoms with Crippen LogP contribution in [0.3, 0.4) is 0 Å². The number of nitrogens with zero attached hydrogens (tertiary/aromatic N) is 1. The summed E-state index contributed by atoms with van der Waals surface area (Å²) >= 11 is 3.37. The molecule has 1 atom stereocenters. The van der Waals surface area contributed by atoms with Gasteiger partial charge in [0.25, 0.3) is 5.91 Å². The van der Waals surface area contributed by atoms with E-state index in [0.29, 0.717) is 5.75 Å². The molecule has 3 aromatic rings. The van der Waals surface area contributed by atoms with E-state index < -0.39 is 11.6 Å². The van der Waals surface area contributed by atoms with Gasteiger partial charge in [-0.05, 0) is 65.7 Å². The van der Waals surface area contributed by atoms with Gasteiger partial charge < -0.3 is 14.8 Å². The van der Waals surface area contributed by atoms with Crippen LogP contribution in [0, 0.1) is 0 Å². The van der Waals surface area contributed by atoms with Crippen LogP contribution in [0.4, 0.5) is 4.79 Å². The number of nitrogens with one attached hydrogen (secondary N) is 1. The first-order valence-electron chi connectivity index (χ1n) is 9.51. The van der Waals surface area contributed by atoms with E-state index >= 15 is 0 Å². The molecule has 1 N–H and O–H groups in total. The number of fused-ring (bicyclic) bond motifs is 1. The molecule has 3 amide bonds. The van der Waals surface area contributed by atoms with Crippen molar-refractivity contribution >= 4 is 38.6 Å². The van der Waals surface area contributed by atoms with Crippen LogP contribution in [-0.2, 0) is 10.3 Å². The average molecular weight is 469 g/mol. The van der Waals surface area contributed by atoms with Crippen LogP contribution in [0.5, 0.6) is 11.5 Å². The molecule has 0 aromatic heterocycles. The van der Waals surface area contributed by atoms with Crippen LogP contribution >= 0.6 is 15.9 Å². The Kier molecular flexibility index (Phi) is 5.39. The third-order valence-corrected chi connectivity index (χ3v) is 5.83. The smallest absolute Gasteiger partial charge is 0.325 e. The van der Waals surface area contributed by atoms with Gasteiger partial charge in [0.2, 0.25) is 0 Å². The molecule has 1 aliphatic heterocycles. The van der Waals surface area contributed by atoms with E-state index in [9.17, 15) is 9.59 Å². The van der Waals surface area contributed by atoms with Crippen molar-refractivity contribution < 1.29 is 19.1 Å². The Labute approximate surface area is 182 Å². The van der Waals surface area contributed by atoms with E-state index in [-0.39, 0.29) is 19.1 Å². The van der Waals surface area contributed by atoms with Crippen LogP contribution in [0.15, 0.2) is 65.1 Å². The number of halogens is 1. The van der Waals surface area contributed by atoms with Crippen molar-refractivity contribution in [1.82, 2.24) is 10.2 Å². The summed E-state index contributed by atoms with van der Waals surface area (Å²) in [4.78, 5) is 26.9. The van der Waals surface area contributed by atoms with Crippen molar-refractivity contribution in [1.29, 1.82) is 0 Å². The predicted octanol–water partition coefficient (Wildman–Crippen LogP) is 4.46. The van der Waals surface area contributed by atoms with E-state index in [1.807, 2.05) is 60.7 Å². The Balaban J connectivity index is 1.50. The monoisotopic (exact) mass is 468 g/mol. The summed E-state index contributed by atoms with van der Waals surface area (Å²) in [6.07, 6.45) is 0. The minimum atomic E-state index is -1.12. The van der Waals surface area contributed by atoms with Crippen LogP contribution in [0.1, 0.15) is 12.5 Å². The number of methoxy groups -OCH3 is 1. The number of carbonyl (C=O) groups is 2. The lowest BCUT2D eigenvalue weighted by Gasteiger charge is -2.23. The van der Waals surface area contributed by atoms with Gasteiger partial charge in [0, 0.05) is 4.47 Å². The number of hydrogen-bond acceptors (Lipinski definition) is 4. The third kappa shape index (κ3) is 3.73. The highest BCUT2D eigenvalue weighted by atomic mass is 79.9. The van der Waals surface area contributed by atoms with Crippen molar-refractivity contribution in [2.75, 3.05) is 20.3 Å². The van der Waals surface area contributed by atoms with Crippen molar-refractivity contribution in [2.24, 2.45) is 0 Å². The number of urea groups is 1. The van der Waals surface area contributed by atoms with E-state index in [1.165, 1.54) is 4.90 Å². The Morgan fingerprint density at radius 3 is 2.37 bits per heavy atom. The van der Waals surface area contributed by atoms with Crippen molar-refractivity contribution in [3.63, 3.8) is 0 Å². The molecule has 3 aromatic carbocycles. The van der Waals surface area contributed by atoms with Gasteiger partial charge in [-0.1, -0.05) is 34.1 Å². The molecule has 1 saturated heterocycles. The second kappa shape index (κ2) is 7.99. The minimum absolute atomic E-state index is 0.168. The molecule has 1 fully saturated rings. The maximum absolute atomic E-state index is 13.1. The number of benzene rings is 3. The molecule has 30 heavy (non-hydrogen) atoms. The van der Waals surface area contributed by atoms with Crippen molar-refractivity contribution in [3.8, 4) is 11.5 Å². The molecule has 0 aliphatic carbocycles. The Bertz CT molecular complexity index is 1120. The predicted molar refractivity (Wildman–Crippen MR) is 118 cm³/mol. The lowest BCUT2D eigenvalue weighted by atomic mass is 9.90. The van der Waals surface area contributed by atoms with E-state index in [2.05, 4.69) is 21.2 Å². The molecule has 1 heterocycles. The van der Waals surface area contributed by atoms with Gasteiger partial charge in [0.15, 0.2) is 0 Å². The topological polar surface area (TPSA) is 67.9 Å². The second-order valence-electron chi connectivity index (χ2n) is 7.24. The first-order chi connectivity index (χ1) is 14.4. The molecule has 0 spiro atoms. The van der Waals surface area contributed by atoms with Gasteiger partial charge >= 0.3 is 6.03 Å². The summed E-state index contributed by atoms with van der Waals surface area (Å²) < 4.78 is 11.9. The molecule has 0 radical (unpaired) electrons. The van der Waals surface area contributed by atoms with Crippen LogP contribution in [0.25, 0.3) is 10.8 Å². The highest BCUT2D eigenvalue weighted by Gasteiger charge is 2.48. The SMILES string of the molecule is COc1ccc2cc([C@@]3(C)NC(=O)N(CCOc4ccc(Br)cc4)C3=O)ccc2c1. The zero-order chi connectivity index (χ0) is 21.3. The molecule has 4 rings (SSSR count). The number of amides is 3. The van der Waals surface area contributed by atoms with Gasteiger partial charge in [0.05, 0.1) is 13.7 Å². The summed E-state index contributed by atoms with van der Waals surface area (Å²) in [7, 11) is 1.62. The van der Waals surface area contributed by atoms with Crippen LogP contribution in [-0.4, -0.2) is 37.1 Å². The van der Waals surface area contributed by atoms with Gasteiger partial charge in [-0.15, -0.1) is 0 Å². The first kappa shape index (κ1) is 20.2. The molecular formula is C23H21BrN2O4. The standard InChI is InChI=1S/C23H21BrN2O4/c1-23(17-5-3-16-14-20(29-2)8-4-15(16)13-17)21(27)26(22(28)25-23)11-12-30-19-9-6-18(24)7-10-19/h3-10,13-14H,11-12H2,1-2H3,(H,25,28)/t23-/m1/s1. The lowest BCUT2D eigenvalue weighted by molar-refractivity contribution is -0.131. The number of carbonyl (C=O) groups excluding carboxylic acids is 2. The summed E-state index contributed by atoms with van der Waals surface area (Å²) in [6.45, 7) is 2.11. The largest absolute Gasteiger partial charge is 0.497 e. The first-order valence-corrected chi connectivity index (χ1v) is 10.3. The van der Waals surface area contributed by atoms with Gasteiger partial charge in [-0.25, -0.2) is 4.79 Å². The summed E-state index contributed by atoms with van der Waals surface area (Å²) in [5.41, 5.74) is -0.391. The zero-order valence-electron chi connectivity index (χ0n) is 16.6. The van der Waals surface area contributed by atoms with Gasteiger partial charge in [-0.2, -0.15) is 0 Å². The molecule has 0 saturated carbocycles. The molecular weight excluding hydrogens is 448 g/mol. The fourth-order valence-electron chi connectivity index (χ4n) is 3.54. The molecule has 0 bridgehead atoms. The third-order valence-electron chi connectivity index (χ3n) is 5.30. The minimum Gasteiger partial charge on any atom is -0.497 e. The van der Waals surface area contributed by atoms with E-state index in [1.54, 1.807) is 14.0 Å². The number of ether oxygens (including phenoxy) is 2. The van der Waals surface area contributed by atoms with Crippen molar-refractivity contribution in [3.05, 3.63) is 70.7 Å². The van der Waals surface area contributed by atoms with Crippen LogP contribution < -0.4 is 14.8 Å². The Morgan fingerprint density at radius 1 is 0.967 bits per heavy atom. The summed E-state index contributed by atoms with van der Waals surface area (Å²) in [5, 5.41) is 4.81. The number of rotatable bonds is 6. The molecule has 6 nitrogen and oxygen atoms in total. The van der Waals surface area contributed by atoms with Gasteiger partial charge in [0.1, 0.15) is 23.6 Å². The number of imide groups is 1. The summed E-state index contributed by atoms with van der Waals surface area (Å²) in [6, 6.07) is 18.4. The average Bonchev–Trinajstić information content (AvgIpc) is 2.98. The normalized spacial score (nSPS) is 18.6. The second-order valence-corrected chi connectivity index (χ2v) is 8.16. The molecule has 1 aliphatic rings. The van der Waals surface area contributed by atoms with Crippen LogP contribution in [0.2, 0.25) is 0 Å². The van der Waals surface area contributed by atoms with E-state index in [4.69, 9.17) is 9.47 Å². The highest BCUT2D eigenvalue weighted by molar-refractivity contribution is 9.10. The highest BCUT2D eigenvalue weighted by Crippen LogP contribution is 2.32. The number of hydrogen-bond donors (Lipinski definition) is 1. The maximum Gasteiger partial charge on any atom is 0.325 e. The van der Waals surface area contributed by atoms with E-state index in [0.717, 1.165) is 26.6 Å².